The van der Waals surface area contributed by atoms with Crippen molar-refractivity contribution in [2.45, 2.75) is 18.9 Å². The molecule has 4 nitrogen and oxygen atoms in total. The molecule has 0 spiro atoms. The van der Waals surface area contributed by atoms with Crippen LogP contribution in [-0.4, -0.2) is 10.5 Å². The predicted molar refractivity (Wildman–Crippen MR) is 136 cm³/mol. The third-order valence-corrected chi connectivity index (χ3v) is 6.11. The highest BCUT2D eigenvalue weighted by atomic mass is 19.1. The molecule has 0 aliphatic carbocycles. The van der Waals surface area contributed by atoms with Gasteiger partial charge in [-0.3, -0.25) is 4.79 Å². The molecule has 0 aliphatic heterocycles. The van der Waals surface area contributed by atoms with E-state index in [0.717, 1.165) is 33.3 Å². The zero-order valence-corrected chi connectivity index (χ0v) is 19.1. The van der Waals surface area contributed by atoms with Crippen molar-refractivity contribution in [3.63, 3.8) is 0 Å². The predicted octanol–water partition coefficient (Wildman–Crippen LogP) is 6.63. The van der Waals surface area contributed by atoms with Crippen LogP contribution >= 0.6 is 0 Å². The highest BCUT2D eigenvalue weighted by Gasteiger charge is 2.22. The molecule has 1 heterocycles. The second-order valence-electron chi connectivity index (χ2n) is 8.57. The van der Waals surface area contributed by atoms with Gasteiger partial charge in [-0.05, 0) is 59.2 Å². The molecule has 2 N–H and O–H groups in total. The molecular formula is C30H25FN2O2. The summed E-state index contributed by atoms with van der Waals surface area (Å²) in [4.78, 5) is 12.1. The van der Waals surface area contributed by atoms with Crippen LogP contribution in [-0.2, 0) is 11.3 Å². The Morgan fingerprint density at radius 2 is 1.57 bits per heavy atom. The molecule has 174 valence electrons. The number of hydrogen-bond donors (Lipinski definition) is 1. The molecule has 0 fully saturated rings. The van der Waals surface area contributed by atoms with Gasteiger partial charge in [0, 0.05) is 36.0 Å². The molecule has 4 aromatic carbocycles. The van der Waals surface area contributed by atoms with Gasteiger partial charge in [-0.2, -0.15) is 0 Å². The van der Waals surface area contributed by atoms with E-state index in [2.05, 4.69) is 22.9 Å². The zero-order chi connectivity index (χ0) is 24.2. The van der Waals surface area contributed by atoms with Crippen molar-refractivity contribution in [3.8, 4) is 11.5 Å². The van der Waals surface area contributed by atoms with Gasteiger partial charge >= 0.3 is 0 Å². The summed E-state index contributed by atoms with van der Waals surface area (Å²) in [5.41, 5.74) is 9.69. The van der Waals surface area contributed by atoms with E-state index in [1.54, 1.807) is 12.1 Å². The van der Waals surface area contributed by atoms with E-state index < -0.39 is 0 Å². The molecule has 0 aliphatic rings. The van der Waals surface area contributed by atoms with Gasteiger partial charge in [0.05, 0.1) is 0 Å². The molecule has 1 amide bonds. The first-order valence-electron chi connectivity index (χ1n) is 11.5. The molecule has 5 aromatic rings. The fourth-order valence-electron chi connectivity index (χ4n) is 4.50. The number of para-hydroxylation sites is 2. The maximum atomic E-state index is 13.4. The monoisotopic (exact) mass is 464 g/mol. The Morgan fingerprint density at radius 3 is 2.34 bits per heavy atom. The molecule has 0 bridgehead atoms. The Balaban J connectivity index is 1.55. The van der Waals surface area contributed by atoms with Crippen molar-refractivity contribution in [2.75, 3.05) is 0 Å². The summed E-state index contributed by atoms with van der Waals surface area (Å²) in [5, 5.41) is 1.05. The van der Waals surface area contributed by atoms with Crippen molar-refractivity contribution >= 4 is 16.8 Å². The number of primary amides is 1. The van der Waals surface area contributed by atoms with Crippen LogP contribution in [0.15, 0.2) is 109 Å². The van der Waals surface area contributed by atoms with Gasteiger partial charge in [-0.1, -0.05) is 60.7 Å². The van der Waals surface area contributed by atoms with E-state index in [-0.39, 0.29) is 24.1 Å². The van der Waals surface area contributed by atoms with E-state index >= 15 is 0 Å². The molecule has 1 atom stereocenters. The molecule has 0 unspecified atom stereocenters. The number of hydrogen-bond acceptors (Lipinski definition) is 2. The Hall–Kier alpha value is -4.38. The first-order valence-corrected chi connectivity index (χ1v) is 11.5. The molecule has 0 saturated carbocycles. The largest absolute Gasteiger partial charge is 0.457 e. The van der Waals surface area contributed by atoms with Crippen molar-refractivity contribution in [2.24, 2.45) is 5.73 Å². The summed E-state index contributed by atoms with van der Waals surface area (Å²) >= 11 is 0. The van der Waals surface area contributed by atoms with Gasteiger partial charge in [-0.15, -0.1) is 0 Å². The van der Waals surface area contributed by atoms with Gasteiger partial charge in [-0.25, -0.2) is 4.39 Å². The van der Waals surface area contributed by atoms with Crippen LogP contribution in [0.5, 0.6) is 11.5 Å². The van der Waals surface area contributed by atoms with Crippen LogP contribution < -0.4 is 10.5 Å². The Morgan fingerprint density at radius 1 is 0.857 bits per heavy atom. The molecule has 5 rings (SSSR count). The first kappa shape index (κ1) is 22.4. The standard InChI is InChI=1S/C30H25FN2O2/c31-23-15-13-21(14-16-23)19-33-20-28(26-11-4-5-12-29(26)33)27(18-30(32)34)22-7-6-10-25(17-22)35-24-8-2-1-3-9-24/h1-17,20,27H,18-19H2,(H2,32,34)/t27-/m1/s1. The number of carbonyl (C=O) groups is 1. The summed E-state index contributed by atoms with van der Waals surface area (Å²) in [6, 6.07) is 32.0. The number of nitrogens with two attached hydrogens (primary N) is 1. The highest BCUT2D eigenvalue weighted by molar-refractivity contribution is 5.86. The van der Waals surface area contributed by atoms with Crippen LogP contribution in [0.3, 0.4) is 0 Å². The minimum absolute atomic E-state index is 0.166. The molecule has 5 heteroatoms. The van der Waals surface area contributed by atoms with E-state index in [1.807, 2.05) is 66.7 Å². The SMILES string of the molecule is NC(=O)C[C@H](c1cccc(Oc2ccccc2)c1)c1cn(Cc2ccc(F)cc2)c2ccccc12. The molecule has 0 radical (unpaired) electrons. The van der Waals surface area contributed by atoms with Gasteiger partial charge in [0.15, 0.2) is 0 Å². The maximum absolute atomic E-state index is 13.4. The van der Waals surface area contributed by atoms with E-state index in [9.17, 15) is 9.18 Å². The summed E-state index contributed by atoms with van der Waals surface area (Å²) < 4.78 is 21.6. The highest BCUT2D eigenvalue weighted by Crippen LogP contribution is 2.36. The minimum atomic E-state index is -0.375. The van der Waals surface area contributed by atoms with Crippen LogP contribution in [0, 0.1) is 5.82 Å². The summed E-state index contributed by atoms with van der Waals surface area (Å²) in [5.74, 6) is 0.557. The lowest BCUT2D eigenvalue weighted by Crippen LogP contribution is -2.16. The van der Waals surface area contributed by atoms with Gasteiger partial charge in [0.2, 0.25) is 5.91 Å². The second kappa shape index (κ2) is 9.85. The zero-order valence-electron chi connectivity index (χ0n) is 19.1. The lowest BCUT2D eigenvalue weighted by atomic mass is 9.88. The summed E-state index contributed by atoms with van der Waals surface area (Å²) in [6.45, 7) is 0.585. The summed E-state index contributed by atoms with van der Waals surface area (Å²) in [7, 11) is 0. The van der Waals surface area contributed by atoms with E-state index in [1.165, 1.54) is 12.1 Å². The maximum Gasteiger partial charge on any atom is 0.218 e. The number of fused-ring (bicyclic) bond motifs is 1. The van der Waals surface area contributed by atoms with Crippen molar-refractivity contribution in [1.29, 1.82) is 0 Å². The van der Waals surface area contributed by atoms with Crippen LogP contribution in [0.1, 0.15) is 29.0 Å². The fourth-order valence-corrected chi connectivity index (χ4v) is 4.50. The number of benzene rings is 4. The van der Waals surface area contributed by atoms with E-state index in [4.69, 9.17) is 10.5 Å². The normalized spacial score (nSPS) is 11.9. The van der Waals surface area contributed by atoms with Crippen LogP contribution in [0.25, 0.3) is 10.9 Å². The lowest BCUT2D eigenvalue weighted by molar-refractivity contribution is -0.118. The lowest BCUT2D eigenvalue weighted by Gasteiger charge is -2.17. The molecule has 0 saturated heterocycles. The number of aromatic nitrogens is 1. The smallest absolute Gasteiger partial charge is 0.218 e. The average molecular weight is 465 g/mol. The Labute approximate surface area is 203 Å². The van der Waals surface area contributed by atoms with Crippen LogP contribution in [0.2, 0.25) is 0 Å². The van der Waals surface area contributed by atoms with Gasteiger partial charge in [0.25, 0.3) is 0 Å². The number of amides is 1. The van der Waals surface area contributed by atoms with Crippen molar-refractivity contribution in [1.82, 2.24) is 4.57 Å². The van der Waals surface area contributed by atoms with Gasteiger partial charge < -0.3 is 15.0 Å². The number of nitrogens with zero attached hydrogens (tertiary/aromatic N) is 1. The average Bonchev–Trinajstić information content (AvgIpc) is 3.23. The quantitative estimate of drug-likeness (QED) is 0.280. The number of halogens is 1. The Kier molecular flexibility index (Phi) is 6.31. The summed E-state index contributed by atoms with van der Waals surface area (Å²) in [6.07, 6.45) is 2.24. The molecule has 1 aromatic heterocycles. The number of carbonyl (C=O) groups excluding carboxylic acids is 1. The van der Waals surface area contributed by atoms with Crippen molar-refractivity contribution in [3.05, 3.63) is 132 Å². The third kappa shape index (κ3) is 5.09. The van der Waals surface area contributed by atoms with Gasteiger partial charge in [0.1, 0.15) is 17.3 Å². The third-order valence-electron chi connectivity index (χ3n) is 6.11. The first-order chi connectivity index (χ1) is 17.1. The molecular weight excluding hydrogens is 439 g/mol. The fraction of sp³-hybridized carbons (Fsp3) is 0.100. The van der Waals surface area contributed by atoms with Crippen molar-refractivity contribution < 1.29 is 13.9 Å². The minimum Gasteiger partial charge on any atom is -0.457 e. The Bertz CT molecular complexity index is 1460. The second-order valence-corrected chi connectivity index (χ2v) is 8.57. The number of rotatable bonds is 8. The molecule has 35 heavy (non-hydrogen) atoms. The van der Waals surface area contributed by atoms with E-state index in [0.29, 0.717) is 12.3 Å². The number of ether oxygens (including phenoxy) is 1. The van der Waals surface area contributed by atoms with Crippen LogP contribution in [0.4, 0.5) is 4.39 Å². The topological polar surface area (TPSA) is 57.3 Å².